The van der Waals surface area contributed by atoms with Gasteiger partial charge in [0.05, 0.1) is 0 Å². The highest BCUT2D eigenvalue weighted by Gasteiger charge is 2.45. The van der Waals surface area contributed by atoms with Crippen molar-refractivity contribution < 1.29 is 12.8 Å². The fraction of sp³-hybridized carbons (Fsp3) is 0.571. The molecule has 1 atom stereocenters. The van der Waals surface area contributed by atoms with Crippen molar-refractivity contribution in [1.29, 1.82) is 0 Å². The third kappa shape index (κ3) is 3.74. The molecule has 1 aromatic rings. The zero-order valence-electron chi connectivity index (χ0n) is 12.3. The standard InChI is InChI=1S/C14H20ClFN2O2S/c1-14(2)6-10(14)8-18-21(19,20)12-5-11(15)4-9(7-17-3)13(12)16/h4-5,10,17-18H,6-8H2,1-3H3. The van der Waals surface area contributed by atoms with Gasteiger partial charge in [-0.25, -0.2) is 17.5 Å². The molecule has 0 aliphatic heterocycles. The highest BCUT2D eigenvalue weighted by molar-refractivity contribution is 7.89. The molecule has 2 rings (SSSR count). The molecule has 21 heavy (non-hydrogen) atoms. The summed E-state index contributed by atoms with van der Waals surface area (Å²) in [6.45, 7) is 4.70. The van der Waals surface area contributed by atoms with Crippen LogP contribution in [0.15, 0.2) is 17.0 Å². The average molecular weight is 335 g/mol. The van der Waals surface area contributed by atoms with E-state index in [4.69, 9.17) is 11.6 Å². The lowest BCUT2D eigenvalue weighted by molar-refractivity contribution is 0.527. The summed E-state index contributed by atoms with van der Waals surface area (Å²) in [7, 11) is -2.24. The molecule has 2 N–H and O–H groups in total. The first-order valence-electron chi connectivity index (χ1n) is 6.79. The Morgan fingerprint density at radius 1 is 1.43 bits per heavy atom. The molecule has 0 radical (unpaired) electrons. The summed E-state index contributed by atoms with van der Waals surface area (Å²) < 4.78 is 41.3. The van der Waals surface area contributed by atoms with E-state index in [0.717, 1.165) is 12.5 Å². The monoisotopic (exact) mass is 334 g/mol. The maximum absolute atomic E-state index is 14.3. The lowest BCUT2D eigenvalue weighted by atomic mass is 10.1. The van der Waals surface area contributed by atoms with Crippen molar-refractivity contribution in [2.24, 2.45) is 11.3 Å². The van der Waals surface area contributed by atoms with Gasteiger partial charge in [-0.1, -0.05) is 25.4 Å². The van der Waals surface area contributed by atoms with Crippen molar-refractivity contribution in [3.63, 3.8) is 0 Å². The maximum Gasteiger partial charge on any atom is 0.243 e. The Labute approximate surface area is 130 Å². The second-order valence-electron chi connectivity index (χ2n) is 6.15. The van der Waals surface area contributed by atoms with Gasteiger partial charge < -0.3 is 5.32 Å². The van der Waals surface area contributed by atoms with E-state index in [-0.39, 0.29) is 22.5 Å². The zero-order chi connectivity index (χ0) is 15.8. The SMILES string of the molecule is CNCc1cc(Cl)cc(S(=O)(=O)NCC2CC2(C)C)c1F. The van der Waals surface area contributed by atoms with Crippen molar-refractivity contribution in [3.05, 3.63) is 28.5 Å². The molecule has 0 bridgehead atoms. The van der Waals surface area contributed by atoms with E-state index < -0.39 is 20.7 Å². The van der Waals surface area contributed by atoms with Gasteiger partial charge in [-0.05, 0) is 36.9 Å². The van der Waals surface area contributed by atoms with E-state index in [2.05, 4.69) is 23.9 Å². The van der Waals surface area contributed by atoms with Crippen LogP contribution < -0.4 is 10.0 Å². The molecular formula is C14H20ClFN2O2S. The number of hydrogen-bond donors (Lipinski definition) is 2. The molecule has 118 valence electrons. The van der Waals surface area contributed by atoms with Gasteiger partial charge in [-0.2, -0.15) is 0 Å². The van der Waals surface area contributed by atoms with Gasteiger partial charge in [-0.3, -0.25) is 0 Å². The Kier molecular flexibility index (Phi) is 4.63. The van der Waals surface area contributed by atoms with Gasteiger partial charge in [0.2, 0.25) is 10.0 Å². The normalized spacial score (nSPS) is 20.5. The largest absolute Gasteiger partial charge is 0.316 e. The van der Waals surface area contributed by atoms with E-state index in [1.807, 2.05) is 0 Å². The third-order valence-electron chi connectivity index (χ3n) is 3.97. The molecule has 0 aromatic heterocycles. The number of halogens is 2. The summed E-state index contributed by atoms with van der Waals surface area (Å²) in [6, 6.07) is 2.58. The number of rotatable bonds is 6. The van der Waals surface area contributed by atoms with Crippen molar-refractivity contribution in [2.45, 2.75) is 31.7 Å². The van der Waals surface area contributed by atoms with Gasteiger partial charge >= 0.3 is 0 Å². The summed E-state index contributed by atoms with van der Waals surface area (Å²) >= 11 is 5.90. The zero-order valence-corrected chi connectivity index (χ0v) is 13.9. The molecule has 0 amide bonds. The maximum atomic E-state index is 14.3. The minimum atomic E-state index is -3.90. The van der Waals surface area contributed by atoms with Crippen LogP contribution in [0.5, 0.6) is 0 Å². The van der Waals surface area contributed by atoms with Crippen LogP contribution in [0.1, 0.15) is 25.8 Å². The van der Waals surface area contributed by atoms with Gasteiger partial charge in [0.25, 0.3) is 0 Å². The predicted octanol–water partition coefficient (Wildman–Crippen LogP) is 2.52. The summed E-state index contributed by atoms with van der Waals surface area (Å²) in [5.41, 5.74) is 0.393. The van der Waals surface area contributed by atoms with Crippen LogP contribution in [0, 0.1) is 17.2 Å². The summed E-state index contributed by atoms with van der Waals surface area (Å²) in [6.07, 6.45) is 0.971. The summed E-state index contributed by atoms with van der Waals surface area (Å²) in [5.74, 6) is -0.456. The van der Waals surface area contributed by atoms with E-state index in [9.17, 15) is 12.8 Å². The van der Waals surface area contributed by atoms with E-state index in [0.29, 0.717) is 12.5 Å². The second kappa shape index (κ2) is 5.83. The third-order valence-corrected chi connectivity index (χ3v) is 5.61. The second-order valence-corrected chi connectivity index (χ2v) is 8.32. The fourth-order valence-electron chi connectivity index (χ4n) is 2.35. The van der Waals surface area contributed by atoms with Crippen LogP contribution in [-0.4, -0.2) is 22.0 Å². The van der Waals surface area contributed by atoms with E-state index >= 15 is 0 Å². The highest BCUT2D eigenvalue weighted by atomic mass is 35.5. The summed E-state index contributed by atoms with van der Waals surface area (Å²) in [5, 5.41) is 2.99. The van der Waals surface area contributed by atoms with Crippen LogP contribution in [-0.2, 0) is 16.6 Å². The number of benzene rings is 1. The van der Waals surface area contributed by atoms with Crippen molar-refractivity contribution >= 4 is 21.6 Å². The smallest absolute Gasteiger partial charge is 0.243 e. The highest BCUT2D eigenvalue weighted by Crippen LogP contribution is 2.51. The van der Waals surface area contributed by atoms with Crippen LogP contribution in [0.3, 0.4) is 0 Å². The van der Waals surface area contributed by atoms with Gasteiger partial charge in [-0.15, -0.1) is 0 Å². The van der Waals surface area contributed by atoms with E-state index in [1.165, 1.54) is 6.07 Å². The average Bonchev–Trinajstić information content (AvgIpc) is 2.99. The quantitative estimate of drug-likeness (QED) is 0.840. The molecule has 0 heterocycles. The van der Waals surface area contributed by atoms with E-state index in [1.54, 1.807) is 7.05 Å². The molecular weight excluding hydrogens is 315 g/mol. The summed E-state index contributed by atoms with van der Waals surface area (Å²) in [4.78, 5) is -0.390. The Balaban J connectivity index is 2.23. The topological polar surface area (TPSA) is 58.2 Å². The lowest BCUT2D eigenvalue weighted by Crippen LogP contribution is -2.28. The van der Waals surface area contributed by atoms with Crippen molar-refractivity contribution in [1.82, 2.24) is 10.0 Å². The Morgan fingerprint density at radius 2 is 2.05 bits per heavy atom. The van der Waals surface area contributed by atoms with Crippen LogP contribution in [0.4, 0.5) is 4.39 Å². The molecule has 1 fully saturated rings. The molecule has 4 nitrogen and oxygen atoms in total. The Morgan fingerprint density at radius 3 is 2.57 bits per heavy atom. The fourth-order valence-corrected chi connectivity index (χ4v) is 3.88. The van der Waals surface area contributed by atoms with Crippen molar-refractivity contribution in [3.8, 4) is 0 Å². The molecule has 1 unspecified atom stereocenters. The van der Waals surface area contributed by atoms with Gasteiger partial charge in [0, 0.05) is 23.7 Å². The molecule has 7 heteroatoms. The Hall–Kier alpha value is -0.690. The van der Waals surface area contributed by atoms with Gasteiger partial charge in [0.15, 0.2) is 0 Å². The molecule has 0 saturated heterocycles. The van der Waals surface area contributed by atoms with Crippen molar-refractivity contribution in [2.75, 3.05) is 13.6 Å². The Bertz CT molecular complexity index is 647. The first-order valence-corrected chi connectivity index (χ1v) is 8.65. The number of nitrogens with one attached hydrogen (secondary N) is 2. The van der Waals surface area contributed by atoms with Crippen LogP contribution in [0.2, 0.25) is 5.02 Å². The van der Waals surface area contributed by atoms with Gasteiger partial charge in [0.1, 0.15) is 10.7 Å². The molecule has 1 aliphatic rings. The minimum absolute atomic E-state index is 0.159. The number of hydrogen-bond acceptors (Lipinski definition) is 3. The predicted molar refractivity (Wildman–Crippen MR) is 81.3 cm³/mol. The minimum Gasteiger partial charge on any atom is -0.316 e. The molecule has 0 spiro atoms. The van der Waals surface area contributed by atoms with Crippen LogP contribution >= 0.6 is 11.6 Å². The lowest BCUT2D eigenvalue weighted by Gasteiger charge is -2.12. The number of sulfonamides is 1. The first-order chi connectivity index (χ1) is 9.67. The van der Waals surface area contributed by atoms with Crippen LogP contribution in [0.25, 0.3) is 0 Å². The molecule has 1 aliphatic carbocycles. The molecule has 1 saturated carbocycles. The molecule has 1 aromatic carbocycles. The first kappa shape index (κ1) is 16.7.